The lowest BCUT2D eigenvalue weighted by molar-refractivity contribution is -0.142. The molecule has 8 heteroatoms. The molecule has 130 valence electrons. The zero-order valence-corrected chi connectivity index (χ0v) is 13.3. The molecule has 25 heavy (non-hydrogen) atoms. The smallest absolute Gasteiger partial charge is 0.368 e. The van der Waals surface area contributed by atoms with Gasteiger partial charge in [0.05, 0.1) is 6.20 Å². The third kappa shape index (κ3) is 2.99. The van der Waals surface area contributed by atoms with E-state index >= 15 is 0 Å². The number of benzene rings is 1. The van der Waals surface area contributed by atoms with Gasteiger partial charge in [-0.2, -0.15) is 18.3 Å². The summed E-state index contributed by atoms with van der Waals surface area (Å²) in [4.78, 5) is 8.45. The molecule has 1 aliphatic rings. The summed E-state index contributed by atoms with van der Waals surface area (Å²) in [5.41, 5.74) is 0.524. The fourth-order valence-corrected chi connectivity index (χ4v) is 3.10. The van der Waals surface area contributed by atoms with Gasteiger partial charge in [0, 0.05) is 44.0 Å². The van der Waals surface area contributed by atoms with E-state index in [1.54, 1.807) is 0 Å². The molecule has 0 N–H and O–H groups in total. The first-order chi connectivity index (χ1) is 12.0. The highest BCUT2D eigenvalue weighted by atomic mass is 19.4. The van der Waals surface area contributed by atoms with Gasteiger partial charge in [0.2, 0.25) is 0 Å². The van der Waals surface area contributed by atoms with Gasteiger partial charge in [0.15, 0.2) is 11.3 Å². The van der Waals surface area contributed by atoms with Crippen molar-refractivity contribution >= 4 is 17.2 Å². The highest BCUT2D eigenvalue weighted by molar-refractivity contribution is 5.53. The van der Waals surface area contributed by atoms with Crippen molar-refractivity contribution in [1.29, 1.82) is 0 Å². The van der Waals surface area contributed by atoms with E-state index < -0.39 is 11.9 Å². The zero-order valence-electron chi connectivity index (χ0n) is 13.3. The third-order valence-electron chi connectivity index (χ3n) is 4.36. The molecular weight excluding hydrogens is 331 g/mol. The van der Waals surface area contributed by atoms with Crippen LogP contribution in [0.5, 0.6) is 0 Å². The van der Waals surface area contributed by atoms with Crippen LogP contribution in [-0.2, 0) is 6.18 Å². The number of aromatic nitrogens is 3. The standard InChI is InChI=1S/C17H16F3N5/c18-17(19,20)14-12-16(22-15-6-7-21-25(14)15)24-10-8-23(9-11-24)13-4-2-1-3-5-13/h1-7,12H,8-11H2. The van der Waals surface area contributed by atoms with Crippen LogP contribution in [0.15, 0.2) is 48.7 Å². The lowest BCUT2D eigenvalue weighted by Crippen LogP contribution is -2.47. The molecule has 0 aliphatic carbocycles. The molecular formula is C17H16F3N5. The van der Waals surface area contributed by atoms with E-state index in [2.05, 4.69) is 15.0 Å². The topological polar surface area (TPSA) is 36.7 Å². The minimum absolute atomic E-state index is 0.204. The van der Waals surface area contributed by atoms with Gasteiger partial charge in [-0.1, -0.05) is 18.2 Å². The molecule has 3 aromatic rings. The van der Waals surface area contributed by atoms with Crippen LogP contribution in [0, 0.1) is 0 Å². The second-order valence-corrected chi connectivity index (χ2v) is 5.91. The molecule has 4 rings (SSSR count). The van der Waals surface area contributed by atoms with Crippen molar-refractivity contribution in [3.63, 3.8) is 0 Å². The summed E-state index contributed by atoms with van der Waals surface area (Å²) in [6.07, 6.45) is -3.15. The van der Waals surface area contributed by atoms with Gasteiger partial charge < -0.3 is 9.80 Å². The highest BCUT2D eigenvalue weighted by Crippen LogP contribution is 2.31. The van der Waals surface area contributed by atoms with Gasteiger partial charge in [-0.25, -0.2) is 9.50 Å². The largest absolute Gasteiger partial charge is 0.433 e. The number of hydrogen-bond acceptors (Lipinski definition) is 4. The summed E-state index contributed by atoms with van der Waals surface area (Å²) < 4.78 is 40.8. The molecule has 1 saturated heterocycles. The maximum Gasteiger partial charge on any atom is 0.433 e. The quantitative estimate of drug-likeness (QED) is 0.714. The number of nitrogens with zero attached hydrogens (tertiary/aromatic N) is 5. The summed E-state index contributed by atoms with van der Waals surface area (Å²) in [5.74, 6) is 0.341. The lowest BCUT2D eigenvalue weighted by atomic mass is 10.2. The van der Waals surface area contributed by atoms with Gasteiger partial charge >= 0.3 is 6.18 Å². The van der Waals surface area contributed by atoms with Crippen LogP contribution in [0.1, 0.15) is 5.69 Å². The molecule has 0 unspecified atom stereocenters. The number of hydrogen-bond donors (Lipinski definition) is 0. The molecule has 0 amide bonds. The summed E-state index contributed by atoms with van der Waals surface area (Å²) in [6, 6.07) is 12.6. The van der Waals surface area contributed by atoms with Crippen LogP contribution in [0.4, 0.5) is 24.7 Å². The second kappa shape index (κ2) is 5.94. The van der Waals surface area contributed by atoms with E-state index in [1.165, 1.54) is 12.3 Å². The Balaban J connectivity index is 1.59. The summed E-state index contributed by atoms with van der Waals surface area (Å²) >= 11 is 0. The van der Waals surface area contributed by atoms with Crippen molar-refractivity contribution in [1.82, 2.24) is 14.6 Å². The normalized spacial score (nSPS) is 15.8. The van der Waals surface area contributed by atoms with Crippen LogP contribution < -0.4 is 9.80 Å². The van der Waals surface area contributed by atoms with Crippen molar-refractivity contribution < 1.29 is 13.2 Å². The Kier molecular flexibility index (Phi) is 3.74. The van der Waals surface area contributed by atoms with E-state index in [9.17, 15) is 13.2 Å². The van der Waals surface area contributed by atoms with Crippen LogP contribution in [0.3, 0.4) is 0 Å². The maximum atomic E-state index is 13.3. The fourth-order valence-electron chi connectivity index (χ4n) is 3.10. The Labute approximate surface area is 142 Å². The number of para-hydroxylation sites is 1. The Morgan fingerprint density at radius 3 is 2.24 bits per heavy atom. The molecule has 1 fully saturated rings. The molecule has 0 spiro atoms. The maximum absolute atomic E-state index is 13.3. The number of anilines is 2. The Bertz CT molecular complexity index is 867. The number of rotatable bonds is 2. The Hall–Kier alpha value is -2.77. The molecule has 0 radical (unpaired) electrons. The minimum Gasteiger partial charge on any atom is -0.368 e. The lowest BCUT2D eigenvalue weighted by Gasteiger charge is -2.36. The van der Waals surface area contributed by atoms with E-state index in [-0.39, 0.29) is 5.65 Å². The molecule has 3 heterocycles. The van der Waals surface area contributed by atoms with Crippen molar-refractivity contribution in [2.45, 2.75) is 6.18 Å². The molecule has 5 nitrogen and oxygen atoms in total. The summed E-state index contributed by atoms with van der Waals surface area (Å²) in [6.45, 7) is 2.70. The van der Waals surface area contributed by atoms with Crippen molar-refractivity contribution in [3.05, 3.63) is 54.4 Å². The fraction of sp³-hybridized carbons (Fsp3) is 0.294. The van der Waals surface area contributed by atoms with Gasteiger partial charge in [-0.15, -0.1) is 0 Å². The van der Waals surface area contributed by atoms with Gasteiger partial charge in [0.25, 0.3) is 0 Å². The Morgan fingerprint density at radius 2 is 1.56 bits per heavy atom. The van der Waals surface area contributed by atoms with Gasteiger partial charge in [-0.05, 0) is 12.1 Å². The molecule has 0 bridgehead atoms. The van der Waals surface area contributed by atoms with Crippen LogP contribution in [0.2, 0.25) is 0 Å². The predicted octanol–water partition coefficient (Wildman–Crippen LogP) is 3.07. The number of fused-ring (bicyclic) bond motifs is 1. The second-order valence-electron chi connectivity index (χ2n) is 5.91. The SMILES string of the molecule is FC(F)(F)c1cc(N2CCN(c3ccccc3)CC2)nc2ccnn12. The van der Waals surface area contributed by atoms with Gasteiger partial charge in [-0.3, -0.25) is 0 Å². The van der Waals surface area contributed by atoms with E-state index in [4.69, 9.17) is 0 Å². The van der Waals surface area contributed by atoms with Crippen molar-refractivity contribution in [2.75, 3.05) is 36.0 Å². The summed E-state index contributed by atoms with van der Waals surface area (Å²) in [5, 5.41) is 3.73. The molecule has 0 saturated carbocycles. The first-order valence-corrected chi connectivity index (χ1v) is 7.99. The van der Waals surface area contributed by atoms with Crippen LogP contribution in [-0.4, -0.2) is 40.8 Å². The molecule has 0 atom stereocenters. The van der Waals surface area contributed by atoms with E-state index in [1.807, 2.05) is 35.2 Å². The minimum atomic E-state index is -4.48. The number of alkyl halides is 3. The molecule has 2 aromatic heterocycles. The van der Waals surface area contributed by atoms with Crippen molar-refractivity contribution in [3.8, 4) is 0 Å². The first-order valence-electron chi connectivity index (χ1n) is 7.99. The first kappa shape index (κ1) is 15.7. The monoisotopic (exact) mass is 347 g/mol. The van der Waals surface area contributed by atoms with E-state index in [0.29, 0.717) is 18.9 Å². The van der Waals surface area contributed by atoms with Crippen molar-refractivity contribution in [2.24, 2.45) is 0 Å². The molecule has 1 aromatic carbocycles. The number of piperazine rings is 1. The average molecular weight is 347 g/mol. The summed E-state index contributed by atoms with van der Waals surface area (Å²) in [7, 11) is 0. The van der Waals surface area contributed by atoms with Gasteiger partial charge in [0.1, 0.15) is 5.82 Å². The number of halogens is 3. The third-order valence-corrected chi connectivity index (χ3v) is 4.36. The average Bonchev–Trinajstić information content (AvgIpc) is 3.09. The van der Waals surface area contributed by atoms with Crippen LogP contribution in [0.25, 0.3) is 5.65 Å². The van der Waals surface area contributed by atoms with Crippen LogP contribution >= 0.6 is 0 Å². The zero-order chi connectivity index (χ0) is 17.4. The predicted molar refractivity (Wildman–Crippen MR) is 88.9 cm³/mol. The van der Waals surface area contributed by atoms with E-state index in [0.717, 1.165) is 29.4 Å². The highest BCUT2D eigenvalue weighted by Gasteiger charge is 2.35. The molecule has 1 aliphatic heterocycles. The Morgan fingerprint density at radius 1 is 0.880 bits per heavy atom.